The van der Waals surface area contributed by atoms with E-state index in [1.54, 1.807) is 7.11 Å². The van der Waals surface area contributed by atoms with Crippen LogP contribution >= 0.6 is 0 Å². The van der Waals surface area contributed by atoms with E-state index in [9.17, 15) is 4.79 Å². The molecule has 0 aliphatic carbocycles. The molecule has 0 spiro atoms. The van der Waals surface area contributed by atoms with Crippen LogP contribution in [0.1, 0.15) is 37.8 Å². The summed E-state index contributed by atoms with van der Waals surface area (Å²) in [4.78, 5) is 14.4. The van der Waals surface area contributed by atoms with E-state index in [1.807, 2.05) is 30.0 Å². The van der Waals surface area contributed by atoms with Gasteiger partial charge in [0.2, 0.25) is 0 Å². The Labute approximate surface area is 155 Å². The van der Waals surface area contributed by atoms with Gasteiger partial charge in [-0.2, -0.15) is 0 Å². The molecule has 2 amide bonds. The standard InChI is InChI=1S/C21H28N2O3/c1-15(22-21(25)23-10-7-16(8-11-23)9-12-24)17-3-4-19-14-20(26-2)6-5-18(19)13-17/h3-6,13-16,24H,7-12H2,1-2H3,(H,22,25)/t15-/m1/s1. The Kier molecular flexibility index (Phi) is 5.99. The second-order valence-electron chi connectivity index (χ2n) is 7.09. The average Bonchev–Trinajstić information content (AvgIpc) is 2.67. The van der Waals surface area contributed by atoms with Gasteiger partial charge in [0.05, 0.1) is 13.2 Å². The molecule has 26 heavy (non-hydrogen) atoms. The van der Waals surface area contributed by atoms with Gasteiger partial charge in [0, 0.05) is 19.7 Å². The molecule has 0 bridgehead atoms. The number of nitrogens with zero attached hydrogens (tertiary/aromatic N) is 1. The van der Waals surface area contributed by atoms with E-state index >= 15 is 0 Å². The van der Waals surface area contributed by atoms with E-state index in [4.69, 9.17) is 9.84 Å². The third-order valence-electron chi connectivity index (χ3n) is 5.35. The van der Waals surface area contributed by atoms with Crippen LogP contribution in [0.3, 0.4) is 0 Å². The van der Waals surface area contributed by atoms with Crippen molar-refractivity contribution >= 4 is 16.8 Å². The van der Waals surface area contributed by atoms with Crippen LogP contribution in [-0.4, -0.2) is 42.8 Å². The van der Waals surface area contributed by atoms with E-state index < -0.39 is 0 Å². The molecule has 140 valence electrons. The summed E-state index contributed by atoms with van der Waals surface area (Å²) < 4.78 is 5.27. The first-order valence-electron chi connectivity index (χ1n) is 9.34. The minimum Gasteiger partial charge on any atom is -0.497 e. The number of urea groups is 1. The largest absolute Gasteiger partial charge is 0.497 e. The number of carbonyl (C=O) groups is 1. The number of aliphatic hydroxyl groups is 1. The van der Waals surface area contributed by atoms with Crippen molar-refractivity contribution in [3.05, 3.63) is 42.0 Å². The van der Waals surface area contributed by atoms with Crippen LogP contribution in [-0.2, 0) is 0 Å². The molecule has 5 nitrogen and oxygen atoms in total. The highest BCUT2D eigenvalue weighted by Crippen LogP contribution is 2.25. The molecule has 1 saturated heterocycles. The molecule has 0 aromatic heterocycles. The third kappa shape index (κ3) is 4.28. The molecular formula is C21H28N2O3. The highest BCUT2D eigenvalue weighted by molar-refractivity contribution is 5.85. The van der Waals surface area contributed by atoms with Gasteiger partial charge in [-0.15, -0.1) is 0 Å². The number of benzene rings is 2. The van der Waals surface area contributed by atoms with E-state index in [2.05, 4.69) is 23.5 Å². The summed E-state index contributed by atoms with van der Waals surface area (Å²) in [6, 6.07) is 12.2. The molecule has 3 rings (SSSR count). The van der Waals surface area contributed by atoms with Gasteiger partial charge in [-0.25, -0.2) is 4.79 Å². The van der Waals surface area contributed by atoms with Gasteiger partial charge in [-0.3, -0.25) is 0 Å². The first-order chi connectivity index (χ1) is 12.6. The smallest absolute Gasteiger partial charge is 0.317 e. The Balaban J connectivity index is 1.61. The van der Waals surface area contributed by atoms with Crippen molar-refractivity contribution in [2.75, 3.05) is 26.8 Å². The molecule has 0 saturated carbocycles. The van der Waals surface area contributed by atoms with Gasteiger partial charge in [0.1, 0.15) is 5.75 Å². The lowest BCUT2D eigenvalue weighted by molar-refractivity contribution is 0.155. The molecule has 1 fully saturated rings. The zero-order valence-electron chi connectivity index (χ0n) is 15.6. The second kappa shape index (κ2) is 8.41. The lowest BCUT2D eigenvalue weighted by Crippen LogP contribution is -2.45. The average molecular weight is 356 g/mol. The molecule has 2 aromatic carbocycles. The van der Waals surface area contributed by atoms with Crippen LogP contribution in [0.15, 0.2) is 36.4 Å². The number of hydrogen-bond acceptors (Lipinski definition) is 3. The number of nitrogens with one attached hydrogen (secondary N) is 1. The second-order valence-corrected chi connectivity index (χ2v) is 7.09. The van der Waals surface area contributed by atoms with Crippen LogP contribution in [0.5, 0.6) is 5.75 Å². The summed E-state index contributed by atoms with van der Waals surface area (Å²) in [7, 11) is 1.67. The fourth-order valence-electron chi connectivity index (χ4n) is 3.61. The Bertz CT molecular complexity index is 754. The van der Waals surface area contributed by atoms with Crippen molar-refractivity contribution < 1.29 is 14.6 Å². The van der Waals surface area contributed by atoms with Crippen molar-refractivity contribution in [2.45, 2.75) is 32.2 Å². The fourth-order valence-corrected chi connectivity index (χ4v) is 3.61. The predicted octanol–water partition coefficient (Wildman–Crippen LogP) is 3.71. The minimum atomic E-state index is -0.0517. The minimum absolute atomic E-state index is 0.00484. The number of amides is 2. The zero-order chi connectivity index (χ0) is 18.5. The number of hydrogen-bond donors (Lipinski definition) is 2. The maximum Gasteiger partial charge on any atom is 0.317 e. The molecule has 1 atom stereocenters. The third-order valence-corrected chi connectivity index (χ3v) is 5.35. The maximum absolute atomic E-state index is 12.5. The molecule has 1 aliphatic heterocycles. The number of carbonyl (C=O) groups excluding carboxylic acids is 1. The summed E-state index contributed by atoms with van der Waals surface area (Å²) in [6.07, 6.45) is 2.79. The summed E-state index contributed by atoms with van der Waals surface area (Å²) in [5.41, 5.74) is 1.09. The topological polar surface area (TPSA) is 61.8 Å². The van der Waals surface area contributed by atoms with Crippen molar-refractivity contribution in [3.8, 4) is 5.75 Å². The number of likely N-dealkylation sites (tertiary alicyclic amines) is 1. The number of fused-ring (bicyclic) bond motifs is 1. The molecule has 0 radical (unpaired) electrons. The normalized spacial score (nSPS) is 16.5. The molecule has 1 heterocycles. The van der Waals surface area contributed by atoms with Crippen molar-refractivity contribution in [3.63, 3.8) is 0 Å². The monoisotopic (exact) mass is 356 g/mol. The van der Waals surface area contributed by atoms with Gasteiger partial charge in [0.15, 0.2) is 0 Å². The number of rotatable bonds is 5. The predicted molar refractivity (Wildman–Crippen MR) is 103 cm³/mol. The van der Waals surface area contributed by atoms with Gasteiger partial charge in [0.25, 0.3) is 0 Å². The fraction of sp³-hybridized carbons (Fsp3) is 0.476. The van der Waals surface area contributed by atoms with E-state index in [-0.39, 0.29) is 18.7 Å². The highest BCUT2D eigenvalue weighted by atomic mass is 16.5. The van der Waals surface area contributed by atoms with Crippen molar-refractivity contribution in [1.82, 2.24) is 10.2 Å². The summed E-state index contributed by atoms with van der Waals surface area (Å²) in [5.74, 6) is 1.38. The first kappa shape index (κ1) is 18.5. The van der Waals surface area contributed by atoms with Crippen LogP contribution < -0.4 is 10.1 Å². The van der Waals surface area contributed by atoms with Crippen molar-refractivity contribution in [2.24, 2.45) is 5.92 Å². The quantitative estimate of drug-likeness (QED) is 0.858. The lowest BCUT2D eigenvalue weighted by atomic mass is 9.94. The molecular weight excluding hydrogens is 328 g/mol. The van der Waals surface area contributed by atoms with Crippen LogP contribution in [0, 0.1) is 5.92 Å². The van der Waals surface area contributed by atoms with Crippen molar-refractivity contribution in [1.29, 1.82) is 0 Å². The van der Waals surface area contributed by atoms with Gasteiger partial charge >= 0.3 is 6.03 Å². The Morgan fingerprint density at radius 2 is 1.92 bits per heavy atom. The molecule has 0 unspecified atom stereocenters. The molecule has 5 heteroatoms. The first-order valence-corrected chi connectivity index (χ1v) is 9.34. The van der Waals surface area contributed by atoms with E-state index in [1.165, 1.54) is 0 Å². The zero-order valence-corrected chi connectivity index (χ0v) is 15.6. The molecule has 1 aliphatic rings. The SMILES string of the molecule is COc1ccc2cc([C@@H](C)NC(=O)N3CCC(CCO)CC3)ccc2c1. The lowest BCUT2D eigenvalue weighted by Gasteiger charge is -2.32. The van der Waals surface area contributed by atoms with Crippen LogP contribution in [0.25, 0.3) is 10.8 Å². The number of ether oxygens (including phenoxy) is 1. The Hall–Kier alpha value is -2.27. The molecule has 2 aromatic rings. The van der Waals surface area contributed by atoms with E-state index in [0.717, 1.165) is 54.4 Å². The maximum atomic E-state index is 12.5. The number of methoxy groups -OCH3 is 1. The summed E-state index contributed by atoms with van der Waals surface area (Å²) in [6.45, 7) is 3.78. The highest BCUT2D eigenvalue weighted by Gasteiger charge is 2.23. The van der Waals surface area contributed by atoms with Crippen LogP contribution in [0.4, 0.5) is 4.79 Å². The Morgan fingerprint density at radius 1 is 1.23 bits per heavy atom. The summed E-state index contributed by atoms with van der Waals surface area (Å²) >= 11 is 0. The van der Waals surface area contributed by atoms with Gasteiger partial charge in [-0.1, -0.05) is 18.2 Å². The van der Waals surface area contributed by atoms with Gasteiger partial charge < -0.3 is 20.1 Å². The summed E-state index contributed by atoms with van der Waals surface area (Å²) in [5, 5.41) is 14.4. The number of aliphatic hydroxyl groups excluding tert-OH is 1. The van der Waals surface area contributed by atoms with E-state index in [0.29, 0.717) is 5.92 Å². The van der Waals surface area contributed by atoms with Crippen LogP contribution in [0.2, 0.25) is 0 Å². The Morgan fingerprint density at radius 3 is 2.62 bits per heavy atom. The van der Waals surface area contributed by atoms with Gasteiger partial charge in [-0.05, 0) is 66.6 Å². The molecule has 2 N–H and O–H groups in total. The number of piperidine rings is 1.